The van der Waals surface area contributed by atoms with Crippen LogP contribution >= 0.6 is 27.3 Å². The Labute approximate surface area is 129 Å². The Balaban J connectivity index is 1.96. The Kier molecular flexibility index (Phi) is 3.63. The molecule has 0 radical (unpaired) electrons. The fourth-order valence-corrected chi connectivity index (χ4v) is 3.25. The fraction of sp³-hybridized carbons (Fsp3) is 0.133. The summed E-state index contributed by atoms with van der Waals surface area (Å²) in [6.45, 7) is 2.09. The second kappa shape index (κ2) is 5.42. The van der Waals surface area contributed by atoms with E-state index in [1.807, 2.05) is 24.3 Å². The molecule has 1 aromatic heterocycles. The van der Waals surface area contributed by atoms with Gasteiger partial charge < -0.3 is 10.1 Å². The summed E-state index contributed by atoms with van der Waals surface area (Å²) in [6, 6.07) is 12.1. The highest BCUT2D eigenvalue weighted by Crippen LogP contribution is 2.33. The zero-order chi connectivity index (χ0) is 14.1. The largest absolute Gasteiger partial charge is 0.497 e. The minimum absolute atomic E-state index is 0.813. The molecule has 0 aliphatic heterocycles. The van der Waals surface area contributed by atoms with Crippen molar-refractivity contribution in [3.8, 4) is 5.75 Å². The lowest BCUT2D eigenvalue weighted by atomic mass is 10.2. The lowest BCUT2D eigenvalue weighted by Gasteiger charge is -2.07. The van der Waals surface area contributed by atoms with E-state index in [-0.39, 0.29) is 0 Å². The molecule has 0 aliphatic carbocycles. The number of nitrogens with zero attached hydrogens (tertiary/aromatic N) is 1. The molecule has 20 heavy (non-hydrogen) atoms. The third-order valence-electron chi connectivity index (χ3n) is 2.96. The molecule has 5 heteroatoms. The zero-order valence-corrected chi connectivity index (χ0v) is 13.5. The lowest BCUT2D eigenvalue weighted by Crippen LogP contribution is -1.92. The fourth-order valence-electron chi connectivity index (χ4n) is 1.93. The summed E-state index contributed by atoms with van der Waals surface area (Å²) in [6.07, 6.45) is 0. The number of aryl methyl sites for hydroxylation is 1. The Bertz CT molecular complexity index is 770. The van der Waals surface area contributed by atoms with Crippen molar-refractivity contribution in [1.82, 2.24) is 4.98 Å². The van der Waals surface area contributed by atoms with Gasteiger partial charge in [-0.25, -0.2) is 4.98 Å². The second-order valence-corrected chi connectivity index (χ2v) is 6.35. The van der Waals surface area contributed by atoms with Crippen LogP contribution in [0.25, 0.3) is 10.2 Å². The van der Waals surface area contributed by atoms with Gasteiger partial charge in [-0.05, 0) is 52.7 Å². The number of benzene rings is 2. The predicted octanol–water partition coefficient (Wildman–Crippen LogP) is 5.12. The van der Waals surface area contributed by atoms with Crippen molar-refractivity contribution >= 4 is 48.3 Å². The van der Waals surface area contributed by atoms with E-state index in [4.69, 9.17) is 4.74 Å². The van der Waals surface area contributed by atoms with Crippen molar-refractivity contribution in [3.05, 3.63) is 46.4 Å². The first kappa shape index (κ1) is 13.4. The van der Waals surface area contributed by atoms with E-state index in [0.717, 1.165) is 26.6 Å². The van der Waals surface area contributed by atoms with Crippen LogP contribution in [0.3, 0.4) is 0 Å². The molecule has 3 nitrogen and oxygen atoms in total. The molecule has 1 N–H and O–H groups in total. The van der Waals surface area contributed by atoms with Gasteiger partial charge in [0.25, 0.3) is 0 Å². The van der Waals surface area contributed by atoms with Crippen LogP contribution in [0.2, 0.25) is 0 Å². The molecule has 0 spiro atoms. The molecular formula is C15H13BrN2OS. The minimum Gasteiger partial charge on any atom is -0.497 e. The third-order valence-corrected chi connectivity index (χ3v) is 4.58. The van der Waals surface area contributed by atoms with Gasteiger partial charge >= 0.3 is 0 Å². The third kappa shape index (κ3) is 2.64. The summed E-state index contributed by atoms with van der Waals surface area (Å²) in [7, 11) is 1.66. The minimum atomic E-state index is 0.813. The van der Waals surface area contributed by atoms with Gasteiger partial charge in [-0.2, -0.15) is 0 Å². The van der Waals surface area contributed by atoms with Crippen LogP contribution < -0.4 is 10.1 Å². The monoisotopic (exact) mass is 348 g/mol. The van der Waals surface area contributed by atoms with E-state index in [2.05, 4.69) is 45.3 Å². The number of methoxy groups -OCH3 is 1. The molecule has 0 aliphatic rings. The van der Waals surface area contributed by atoms with E-state index in [1.165, 1.54) is 10.3 Å². The molecule has 0 amide bonds. The Morgan fingerprint density at radius 3 is 2.85 bits per heavy atom. The molecule has 3 aromatic rings. The van der Waals surface area contributed by atoms with E-state index in [9.17, 15) is 0 Å². The first-order chi connectivity index (χ1) is 9.65. The molecule has 2 aromatic carbocycles. The molecule has 1 heterocycles. The second-order valence-electron chi connectivity index (χ2n) is 4.46. The number of nitrogens with one attached hydrogen (secondary N) is 1. The summed E-state index contributed by atoms with van der Waals surface area (Å²) in [5.74, 6) is 0.813. The summed E-state index contributed by atoms with van der Waals surface area (Å²) in [4.78, 5) is 4.59. The van der Waals surface area contributed by atoms with Crippen molar-refractivity contribution in [2.24, 2.45) is 0 Å². The average Bonchev–Trinajstić information content (AvgIpc) is 2.82. The predicted molar refractivity (Wildman–Crippen MR) is 88.3 cm³/mol. The highest BCUT2D eigenvalue weighted by Gasteiger charge is 2.07. The molecule has 0 saturated heterocycles. The number of fused-ring (bicyclic) bond motifs is 1. The Hall–Kier alpha value is -1.59. The van der Waals surface area contributed by atoms with Crippen molar-refractivity contribution in [2.45, 2.75) is 6.92 Å². The smallest absolute Gasteiger partial charge is 0.188 e. The summed E-state index contributed by atoms with van der Waals surface area (Å²) in [5.41, 5.74) is 3.21. The quantitative estimate of drug-likeness (QED) is 0.713. The Morgan fingerprint density at radius 1 is 1.20 bits per heavy atom. The number of hydrogen-bond donors (Lipinski definition) is 1. The topological polar surface area (TPSA) is 34.1 Å². The van der Waals surface area contributed by atoms with Crippen molar-refractivity contribution < 1.29 is 4.74 Å². The number of thiazole rings is 1. The van der Waals surface area contributed by atoms with Gasteiger partial charge in [0.15, 0.2) is 5.13 Å². The summed E-state index contributed by atoms with van der Waals surface area (Å²) >= 11 is 5.18. The molecule has 0 saturated carbocycles. The van der Waals surface area contributed by atoms with Gasteiger partial charge in [-0.3, -0.25) is 0 Å². The van der Waals surface area contributed by atoms with Gasteiger partial charge in [0.05, 0.1) is 23.0 Å². The number of anilines is 2. The number of ether oxygens (including phenoxy) is 1. The van der Waals surface area contributed by atoms with Gasteiger partial charge in [-0.1, -0.05) is 17.4 Å². The molecule has 0 atom stereocenters. The van der Waals surface area contributed by atoms with Crippen LogP contribution in [0.5, 0.6) is 5.75 Å². The average molecular weight is 349 g/mol. The molecule has 102 valence electrons. The van der Waals surface area contributed by atoms with Crippen LogP contribution in [0.15, 0.2) is 40.9 Å². The number of aromatic nitrogens is 1. The number of halogens is 1. The highest BCUT2D eigenvalue weighted by molar-refractivity contribution is 9.10. The number of hydrogen-bond acceptors (Lipinski definition) is 4. The molecule has 0 bridgehead atoms. The van der Waals surface area contributed by atoms with Crippen molar-refractivity contribution in [3.63, 3.8) is 0 Å². The summed E-state index contributed by atoms with van der Waals surface area (Å²) < 4.78 is 7.41. The zero-order valence-electron chi connectivity index (χ0n) is 11.1. The SMILES string of the molecule is COc1ccc(Br)c(Nc2nc3ccc(C)cc3s2)c1. The molecule has 0 fully saturated rings. The lowest BCUT2D eigenvalue weighted by molar-refractivity contribution is 0.415. The van der Waals surface area contributed by atoms with E-state index in [1.54, 1.807) is 18.4 Å². The van der Waals surface area contributed by atoms with E-state index >= 15 is 0 Å². The van der Waals surface area contributed by atoms with Gasteiger partial charge in [0.2, 0.25) is 0 Å². The Morgan fingerprint density at radius 2 is 2.05 bits per heavy atom. The van der Waals surface area contributed by atoms with E-state index in [0.29, 0.717) is 0 Å². The normalized spacial score (nSPS) is 10.8. The van der Waals surface area contributed by atoms with Crippen LogP contribution in [0.4, 0.5) is 10.8 Å². The molecule has 0 unspecified atom stereocenters. The van der Waals surface area contributed by atoms with Crippen LogP contribution in [-0.4, -0.2) is 12.1 Å². The van der Waals surface area contributed by atoms with Gasteiger partial charge in [-0.15, -0.1) is 0 Å². The molecule has 3 rings (SSSR count). The van der Waals surface area contributed by atoms with Gasteiger partial charge in [0, 0.05) is 10.5 Å². The van der Waals surface area contributed by atoms with Crippen LogP contribution in [0, 0.1) is 6.92 Å². The first-order valence-electron chi connectivity index (χ1n) is 6.13. The van der Waals surface area contributed by atoms with Crippen molar-refractivity contribution in [2.75, 3.05) is 12.4 Å². The maximum absolute atomic E-state index is 5.24. The summed E-state index contributed by atoms with van der Waals surface area (Å²) in [5, 5.41) is 4.21. The molecular weight excluding hydrogens is 336 g/mol. The van der Waals surface area contributed by atoms with Gasteiger partial charge in [0.1, 0.15) is 5.75 Å². The van der Waals surface area contributed by atoms with E-state index < -0.39 is 0 Å². The van der Waals surface area contributed by atoms with Crippen molar-refractivity contribution in [1.29, 1.82) is 0 Å². The highest BCUT2D eigenvalue weighted by atomic mass is 79.9. The maximum Gasteiger partial charge on any atom is 0.188 e. The van der Waals surface area contributed by atoms with Crippen LogP contribution in [0.1, 0.15) is 5.56 Å². The standard InChI is InChI=1S/C15H13BrN2OS/c1-9-3-6-12-14(7-9)20-15(17-12)18-13-8-10(19-2)4-5-11(13)16/h3-8H,1-2H3,(H,17,18). The first-order valence-corrected chi connectivity index (χ1v) is 7.74. The van der Waals surface area contributed by atoms with Crippen LogP contribution in [-0.2, 0) is 0 Å². The number of rotatable bonds is 3. The maximum atomic E-state index is 5.24.